The summed E-state index contributed by atoms with van der Waals surface area (Å²) < 4.78 is 23.4. The lowest BCUT2D eigenvalue weighted by molar-refractivity contribution is 0.00578. The quantitative estimate of drug-likeness (QED) is 0.745. The normalized spacial score (nSPS) is 31.4. The lowest BCUT2D eigenvalue weighted by Crippen LogP contribution is -2.41. The average molecular weight is 280 g/mol. The van der Waals surface area contributed by atoms with Crippen LogP contribution in [0, 0.1) is 0 Å². The minimum Gasteiger partial charge on any atom is -0.403 e. The Kier molecular flexibility index (Phi) is 4.15. The van der Waals surface area contributed by atoms with Gasteiger partial charge in [-0.15, -0.1) is 0 Å². The maximum atomic E-state index is 5.94. The smallest absolute Gasteiger partial charge is 0.403 e. The molecule has 2 rings (SSSR count). The summed E-state index contributed by atoms with van der Waals surface area (Å²) >= 11 is 0. The summed E-state index contributed by atoms with van der Waals surface area (Å²) in [6, 6.07) is 0. The molecule has 0 N–H and O–H groups in total. The van der Waals surface area contributed by atoms with Crippen LogP contribution in [0.15, 0.2) is 12.1 Å². The van der Waals surface area contributed by atoms with Crippen molar-refractivity contribution in [1.82, 2.24) is 0 Å². The maximum Gasteiger partial charge on any atom is 0.486 e. The van der Waals surface area contributed by atoms with E-state index in [0.717, 1.165) is 0 Å². The molecule has 20 heavy (non-hydrogen) atoms. The van der Waals surface area contributed by atoms with Crippen LogP contribution >= 0.6 is 0 Å². The molecule has 2 heterocycles. The van der Waals surface area contributed by atoms with E-state index in [-0.39, 0.29) is 37.1 Å². The lowest BCUT2D eigenvalue weighted by atomic mass is 9.81. The van der Waals surface area contributed by atoms with E-state index < -0.39 is 0 Å². The predicted molar refractivity (Wildman–Crippen MR) is 81.5 cm³/mol. The van der Waals surface area contributed by atoms with E-state index in [4.69, 9.17) is 18.6 Å². The van der Waals surface area contributed by atoms with Gasteiger partial charge in [-0.3, -0.25) is 0 Å². The first-order valence-corrected chi connectivity index (χ1v) is 7.39. The molecule has 2 saturated heterocycles. The molecular formula is C14H26B2O4. The zero-order valence-corrected chi connectivity index (χ0v) is 13.7. The van der Waals surface area contributed by atoms with Gasteiger partial charge in [-0.25, -0.2) is 0 Å². The van der Waals surface area contributed by atoms with Crippen LogP contribution in [0.1, 0.15) is 48.5 Å². The molecule has 2 fully saturated rings. The molecule has 1 unspecified atom stereocenters. The van der Waals surface area contributed by atoms with Crippen molar-refractivity contribution in [3.8, 4) is 0 Å². The third-order valence-corrected chi connectivity index (χ3v) is 4.66. The minimum atomic E-state index is -0.276. The molecule has 0 aromatic carbocycles. The fraction of sp³-hybridized carbons (Fsp3) is 0.857. The van der Waals surface area contributed by atoms with E-state index >= 15 is 0 Å². The molecule has 0 aromatic heterocycles. The minimum absolute atomic E-state index is 0.0917. The van der Waals surface area contributed by atoms with Crippen LogP contribution in [0.2, 0.25) is 6.32 Å². The van der Waals surface area contributed by atoms with Gasteiger partial charge < -0.3 is 18.6 Å². The highest BCUT2D eigenvalue weighted by Crippen LogP contribution is 2.37. The van der Waals surface area contributed by atoms with Gasteiger partial charge in [0.05, 0.1) is 22.9 Å². The van der Waals surface area contributed by atoms with Crippen molar-refractivity contribution < 1.29 is 18.6 Å². The van der Waals surface area contributed by atoms with Crippen molar-refractivity contribution >= 4 is 14.2 Å². The molecular weight excluding hydrogens is 254 g/mol. The number of rotatable bonds is 3. The van der Waals surface area contributed by atoms with Gasteiger partial charge in [0.25, 0.3) is 0 Å². The Morgan fingerprint density at radius 1 is 0.950 bits per heavy atom. The van der Waals surface area contributed by atoms with Crippen molar-refractivity contribution in [3.63, 3.8) is 0 Å². The molecule has 6 heteroatoms. The summed E-state index contributed by atoms with van der Waals surface area (Å²) in [7, 11) is -0.481. The van der Waals surface area contributed by atoms with Crippen LogP contribution in [0.5, 0.6) is 0 Å². The van der Waals surface area contributed by atoms with Gasteiger partial charge in [0, 0.05) is 0 Å². The molecule has 0 saturated carbocycles. The second-order valence-electron chi connectivity index (χ2n) is 7.22. The molecule has 0 bridgehead atoms. The van der Waals surface area contributed by atoms with E-state index in [1.807, 2.05) is 32.8 Å². The number of hydrogen-bond donors (Lipinski definition) is 0. The Bertz CT molecular complexity index is 377. The van der Waals surface area contributed by atoms with Crippen molar-refractivity contribution in [3.05, 3.63) is 12.1 Å². The zero-order valence-electron chi connectivity index (χ0n) is 13.7. The van der Waals surface area contributed by atoms with E-state index in [2.05, 4.69) is 27.7 Å². The number of hydrogen-bond acceptors (Lipinski definition) is 4. The Morgan fingerprint density at radius 2 is 1.50 bits per heavy atom. The number of allylic oxidation sites excluding steroid dienone is 1. The highest BCUT2D eigenvalue weighted by atomic mass is 16.7. The summed E-state index contributed by atoms with van der Waals surface area (Å²) in [4.78, 5) is 0. The molecule has 0 radical (unpaired) electrons. The third kappa shape index (κ3) is 3.14. The second kappa shape index (κ2) is 5.16. The molecule has 2 aliphatic heterocycles. The zero-order chi connectivity index (χ0) is 15.2. The van der Waals surface area contributed by atoms with Crippen LogP contribution in [0.3, 0.4) is 0 Å². The summed E-state index contributed by atoms with van der Waals surface area (Å²) in [5.41, 5.74) is -0.788. The second-order valence-corrected chi connectivity index (χ2v) is 7.22. The Hall–Kier alpha value is -0.290. The first kappa shape index (κ1) is 16.1. The molecule has 0 spiro atoms. The van der Waals surface area contributed by atoms with Gasteiger partial charge in [0.2, 0.25) is 0 Å². The predicted octanol–water partition coefficient (Wildman–Crippen LogP) is 2.88. The molecule has 112 valence electrons. The molecule has 0 aliphatic carbocycles. The van der Waals surface area contributed by atoms with E-state index in [9.17, 15) is 0 Å². The topological polar surface area (TPSA) is 36.9 Å². The average Bonchev–Trinajstić information content (AvgIpc) is 2.61. The van der Waals surface area contributed by atoms with Crippen LogP contribution in [0.4, 0.5) is 0 Å². The Labute approximate surface area is 123 Å². The van der Waals surface area contributed by atoms with Crippen LogP contribution in [0.25, 0.3) is 0 Å². The van der Waals surface area contributed by atoms with Gasteiger partial charge in [0.1, 0.15) is 0 Å². The largest absolute Gasteiger partial charge is 0.486 e. The molecule has 4 nitrogen and oxygen atoms in total. The van der Waals surface area contributed by atoms with E-state index in [1.165, 1.54) is 0 Å². The molecule has 0 aromatic rings. The van der Waals surface area contributed by atoms with Crippen molar-refractivity contribution in [2.45, 2.75) is 77.7 Å². The van der Waals surface area contributed by atoms with Crippen molar-refractivity contribution in [2.24, 2.45) is 0 Å². The molecule has 1 atom stereocenters. The van der Waals surface area contributed by atoms with Crippen molar-refractivity contribution in [1.29, 1.82) is 0 Å². The summed E-state index contributed by atoms with van der Waals surface area (Å²) in [6.07, 6.45) is 2.81. The fourth-order valence-corrected chi connectivity index (χ4v) is 2.23. The summed E-state index contributed by atoms with van der Waals surface area (Å²) in [6.45, 7) is 14.4. The fourth-order valence-electron chi connectivity index (χ4n) is 2.23. The van der Waals surface area contributed by atoms with Gasteiger partial charge in [-0.05, 0) is 54.8 Å². The van der Waals surface area contributed by atoms with Crippen molar-refractivity contribution in [2.75, 3.05) is 0 Å². The maximum absolute atomic E-state index is 5.94. The van der Waals surface area contributed by atoms with Crippen LogP contribution in [-0.2, 0) is 18.6 Å². The monoisotopic (exact) mass is 280 g/mol. The van der Waals surface area contributed by atoms with E-state index in [0.29, 0.717) is 6.32 Å². The summed E-state index contributed by atoms with van der Waals surface area (Å²) in [5.74, 6) is 1.94. The highest BCUT2D eigenvalue weighted by molar-refractivity contribution is 6.52. The molecule has 2 aliphatic rings. The SMILES string of the molecule is CC1OB(/C=C/CB2OC(C)(C)C(C)(C)O2)OC1(C)C. The Balaban J connectivity index is 1.84. The van der Waals surface area contributed by atoms with Gasteiger partial charge in [-0.2, -0.15) is 0 Å². The highest BCUT2D eigenvalue weighted by Gasteiger charge is 2.50. The Morgan fingerprint density at radius 3 is 1.95 bits per heavy atom. The van der Waals surface area contributed by atoms with Crippen LogP contribution < -0.4 is 0 Å². The van der Waals surface area contributed by atoms with Gasteiger partial charge in [0.15, 0.2) is 0 Å². The first-order chi connectivity index (χ1) is 9.03. The lowest BCUT2D eigenvalue weighted by Gasteiger charge is -2.32. The van der Waals surface area contributed by atoms with Crippen LogP contribution in [-0.4, -0.2) is 37.1 Å². The standard InChI is InChI=1S/C14H26B2O4/c1-11-12(2,3)18-15(17-11)9-8-10-16-19-13(4,5)14(6,7)20-16/h8-9,11H,10H2,1-7H3/b9-8+. The third-order valence-electron chi connectivity index (χ3n) is 4.66. The first-order valence-electron chi connectivity index (χ1n) is 7.39. The van der Waals surface area contributed by atoms with Gasteiger partial charge in [-0.1, -0.05) is 12.1 Å². The molecule has 0 amide bonds. The van der Waals surface area contributed by atoms with E-state index in [1.54, 1.807) is 0 Å². The van der Waals surface area contributed by atoms with Gasteiger partial charge >= 0.3 is 14.2 Å². The summed E-state index contributed by atoms with van der Waals surface area (Å²) in [5, 5.41) is 0.